The Morgan fingerprint density at radius 1 is 1.42 bits per heavy atom. The fourth-order valence-electron chi connectivity index (χ4n) is 2.75. The van der Waals surface area contributed by atoms with E-state index in [4.69, 9.17) is 5.11 Å². The number of aliphatic carboxylic acids is 1. The maximum atomic E-state index is 12.2. The van der Waals surface area contributed by atoms with E-state index in [1.165, 1.54) is 0 Å². The first-order chi connectivity index (χ1) is 8.76. The Morgan fingerprint density at radius 3 is 2.53 bits per heavy atom. The quantitative estimate of drug-likeness (QED) is 0.824. The molecule has 0 aromatic heterocycles. The average Bonchev–Trinajstić information content (AvgIpc) is 2.27. The van der Waals surface area contributed by atoms with Gasteiger partial charge in [-0.2, -0.15) is 0 Å². The van der Waals surface area contributed by atoms with Crippen molar-refractivity contribution in [3.05, 3.63) is 0 Å². The predicted octanol–water partition coefficient (Wildman–Crippen LogP) is 2.46. The van der Waals surface area contributed by atoms with Crippen molar-refractivity contribution >= 4 is 12.0 Å². The molecule has 0 aromatic rings. The van der Waals surface area contributed by atoms with Gasteiger partial charge in [-0.25, -0.2) is 4.79 Å². The molecule has 0 saturated carbocycles. The standard InChI is InChI=1S/C14H26N2O3/c1-5-7-14(3,4)15-13(19)16-8-6-11(12(17)18)9-10(16)2/h10-11H,5-9H2,1-4H3,(H,15,19)(H,17,18). The largest absolute Gasteiger partial charge is 0.481 e. The number of piperidine rings is 1. The summed E-state index contributed by atoms with van der Waals surface area (Å²) in [6, 6.07) is -0.0953. The molecule has 1 heterocycles. The maximum absolute atomic E-state index is 12.2. The van der Waals surface area contributed by atoms with Crippen LogP contribution in [0.3, 0.4) is 0 Å². The van der Waals surface area contributed by atoms with E-state index in [-0.39, 0.29) is 23.5 Å². The van der Waals surface area contributed by atoms with Crippen LogP contribution in [-0.2, 0) is 4.79 Å². The van der Waals surface area contributed by atoms with Gasteiger partial charge in [0, 0.05) is 18.1 Å². The second-order valence-corrected chi connectivity index (χ2v) is 6.17. The predicted molar refractivity (Wildman–Crippen MR) is 74.0 cm³/mol. The summed E-state index contributed by atoms with van der Waals surface area (Å²) in [5.74, 6) is -1.07. The highest BCUT2D eigenvalue weighted by Crippen LogP contribution is 2.23. The fourth-order valence-corrected chi connectivity index (χ4v) is 2.75. The van der Waals surface area contributed by atoms with E-state index in [2.05, 4.69) is 12.2 Å². The molecule has 5 nitrogen and oxygen atoms in total. The summed E-state index contributed by atoms with van der Waals surface area (Å²) in [5.41, 5.74) is -0.213. The van der Waals surface area contributed by atoms with Crippen LogP contribution in [0.5, 0.6) is 0 Å². The zero-order valence-corrected chi connectivity index (χ0v) is 12.4. The molecule has 0 aliphatic carbocycles. The third kappa shape index (κ3) is 4.40. The monoisotopic (exact) mass is 270 g/mol. The van der Waals surface area contributed by atoms with Gasteiger partial charge in [-0.15, -0.1) is 0 Å². The van der Waals surface area contributed by atoms with Gasteiger partial charge in [0.1, 0.15) is 0 Å². The number of carboxylic acids is 1. The summed E-state index contributed by atoms with van der Waals surface area (Å²) in [4.78, 5) is 25.0. The molecular formula is C14H26N2O3. The van der Waals surface area contributed by atoms with E-state index in [1.807, 2.05) is 20.8 Å². The summed E-state index contributed by atoms with van der Waals surface area (Å²) in [5, 5.41) is 12.1. The van der Waals surface area contributed by atoms with Crippen molar-refractivity contribution in [3.63, 3.8) is 0 Å². The minimum Gasteiger partial charge on any atom is -0.481 e. The Morgan fingerprint density at radius 2 is 2.05 bits per heavy atom. The van der Waals surface area contributed by atoms with Gasteiger partial charge in [-0.1, -0.05) is 13.3 Å². The minimum absolute atomic E-state index is 0.0210. The van der Waals surface area contributed by atoms with Crippen molar-refractivity contribution in [1.29, 1.82) is 0 Å². The molecule has 0 spiro atoms. The lowest BCUT2D eigenvalue weighted by atomic mass is 9.92. The number of amides is 2. The highest BCUT2D eigenvalue weighted by atomic mass is 16.4. The van der Waals surface area contributed by atoms with Crippen molar-refractivity contribution in [2.45, 2.75) is 65.0 Å². The molecular weight excluding hydrogens is 244 g/mol. The number of carboxylic acid groups (broad SMARTS) is 1. The molecule has 1 aliphatic rings. The van der Waals surface area contributed by atoms with Crippen LogP contribution >= 0.6 is 0 Å². The first-order valence-corrected chi connectivity index (χ1v) is 7.08. The van der Waals surface area contributed by atoms with E-state index >= 15 is 0 Å². The van der Waals surface area contributed by atoms with Crippen LogP contribution in [-0.4, -0.2) is 40.1 Å². The number of likely N-dealkylation sites (tertiary alicyclic amines) is 1. The molecule has 110 valence electrons. The third-order valence-corrected chi connectivity index (χ3v) is 3.81. The molecule has 19 heavy (non-hydrogen) atoms. The Balaban J connectivity index is 2.57. The van der Waals surface area contributed by atoms with Crippen molar-refractivity contribution in [2.24, 2.45) is 5.92 Å². The van der Waals surface area contributed by atoms with Crippen molar-refractivity contribution < 1.29 is 14.7 Å². The van der Waals surface area contributed by atoms with Crippen LogP contribution in [0.2, 0.25) is 0 Å². The van der Waals surface area contributed by atoms with Gasteiger partial charge >= 0.3 is 12.0 Å². The fraction of sp³-hybridized carbons (Fsp3) is 0.857. The Bertz CT molecular complexity index is 342. The van der Waals surface area contributed by atoms with Gasteiger partial charge in [-0.05, 0) is 40.0 Å². The number of nitrogens with one attached hydrogen (secondary N) is 1. The summed E-state index contributed by atoms with van der Waals surface area (Å²) in [6.07, 6.45) is 3.03. The number of hydrogen-bond acceptors (Lipinski definition) is 2. The van der Waals surface area contributed by atoms with Gasteiger partial charge in [0.15, 0.2) is 0 Å². The number of nitrogens with zero attached hydrogens (tertiary/aromatic N) is 1. The number of rotatable bonds is 4. The smallest absolute Gasteiger partial charge is 0.318 e. The molecule has 2 amide bonds. The number of carbonyl (C=O) groups excluding carboxylic acids is 1. The molecule has 2 atom stereocenters. The Labute approximate surface area is 115 Å². The highest BCUT2D eigenvalue weighted by Gasteiger charge is 2.33. The zero-order valence-electron chi connectivity index (χ0n) is 12.4. The van der Waals surface area contributed by atoms with E-state index in [1.54, 1.807) is 4.90 Å². The van der Waals surface area contributed by atoms with Gasteiger partial charge in [0.25, 0.3) is 0 Å². The first kappa shape index (κ1) is 15.8. The van der Waals surface area contributed by atoms with Gasteiger partial charge in [0.2, 0.25) is 0 Å². The van der Waals surface area contributed by atoms with Crippen LogP contribution in [0, 0.1) is 5.92 Å². The zero-order chi connectivity index (χ0) is 14.6. The van der Waals surface area contributed by atoms with E-state index in [0.29, 0.717) is 19.4 Å². The molecule has 0 radical (unpaired) electrons. The Kier molecular flexibility index (Phi) is 5.20. The SMILES string of the molecule is CCCC(C)(C)NC(=O)N1CCC(C(=O)O)CC1C. The second-order valence-electron chi connectivity index (χ2n) is 6.17. The summed E-state index contributed by atoms with van der Waals surface area (Å²) >= 11 is 0. The number of carbonyl (C=O) groups is 2. The normalized spacial score (nSPS) is 24.1. The molecule has 1 rings (SSSR count). The maximum Gasteiger partial charge on any atom is 0.318 e. The van der Waals surface area contributed by atoms with Crippen LogP contribution in [0.1, 0.15) is 53.4 Å². The van der Waals surface area contributed by atoms with E-state index in [9.17, 15) is 9.59 Å². The summed E-state index contributed by atoms with van der Waals surface area (Å²) < 4.78 is 0. The Hall–Kier alpha value is -1.26. The number of hydrogen-bond donors (Lipinski definition) is 2. The highest BCUT2D eigenvalue weighted by molar-refractivity contribution is 5.76. The summed E-state index contributed by atoms with van der Waals surface area (Å²) in [6.45, 7) is 8.56. The van der Waals surface area contributed by atoms with Crippen LogP contribution in [0.4, 0.5) is 4.79 Å². The molecule has 0 bridgehead atoms. The molecule has 1 fully saturated rings. The second kappa shape index (κ2) is 6.26. The van der Waals surface area contributed by atoms with Crippen LogP contribution in [0.25, 0.3) is 0 Å². The first-order valence-electron chi connectivity index (χ1n) is 7.08. The molecule has 2 unspecified atom stereocenters. The average molecular weight is 270 g/mol. The lowest BCUT2D eigenvalue weighted by molar-refractivity contribution is -0.143. The lowest BCUT2D eigenvalue weighted by Gasteiger charge is -2.38. The van der Waals surface area contributed by atoms with Crippen LogP contribution < -0.4 is 5.32 Å². The molecule has 2 N–H and O–H groups in total. The van der Waals surface area contributed by atoms with Crippen molar-refractivity contribution in [1.82, 2.24) is 10.2 Å². The number of urea groups is 1. The molecule has 1 saturated heterocycles. The lowest BCUT2D eigenvalue weighted by Crippen LogP contribution is -2.55. The van der Waals surface area contributed by atoms with Crippen molar-refractivity contribution in [2.75, 3.05) is 6.54 Å². The van der Waals surface area contributed by atoms with E-state index in [0.717, 1.165) is 12.8 Å². The minimum atomic E-state index is -0.752. The molecule has 5 heteroatoms. The van der Waals surface area contributed by atoms with Crippen molar-refractivity contribution in [3.8, 4) is 0 Å². The topological polar surface area (TPSA) is 69.6 Å². The third-order valence-electron chi connectivity index (χ3n) is 3.81. The van der Waals surface area contributed by atoms with Gasteiger partial charge < -0.3 is 15.3 Å². The molecule has 1 aliphatic heterocycles. The molecule has 0 aromatic carbocycles. The van der Waals surface area contributed by atoms with Gasteiger partial charge in [-0.3, -0.25) is 4.79 Å². The summed E-state index contributed by atoms with van der Waals surface area (Å²) in [7, 11) is 0. The van der Waals surface area contributed by atoms with E-state index < -0.39 is 5.97 Å². The van der Waals surface area contributed by atoms with Gasteiger partial charge in [0.05, 0.1) is 5.92 Å². The van der Waals surface area contributed by atoms with Crippen LogP contribution in [0.15, 0.2) is 0 Å².